The van der Waals surface area contributed by atoms with E-state index in [1.54, 1.807) is 18.2 Å². The van der Waals surface area contributed by atoms with Crippen LogP contribution in [0.25, 0.3) is 0 Å². The van der Waals surface area contributed by atoms with Crippen LogP contribution >= 0.6 is 23.9 Å². The van der Waals surface area contributed by atoms with Gasteiger partial charge in [-0.3, -0.25) is 15.1 Å². The van der Waals surface area contributed by atoms with Crippen molar-refractivity contribution in [2.24, 2.45) is 10.9 Å². The molecule has 3 rings (SSSR count). The Kier molecular flexibility index (Phi) is 7.47. The third kappa shape index (κ3) is 4.98. The van der Waals surface area contributed by atoms with E-state index in [1.807, 2.05) is 6.92 Å². The van der Waals surface area contributed by atoms with Gasteiger partial charge in [0, 0.05) is 12.6 Å². The lowest BCUT2D eigenvalue weighted by molar-refractivity contribution is -0.383. The highest BCUT2D eigenvalue weighted by Crippen LogP contribution is 2.26. The molecule has 26 heavy (non-hydrogen) atoms. The molecule has 140 valence electrons. The van der Waals surface area contributed by atoms with Crippen molar-refractivity contribution in [3.63, 3.8) is 0 Å². The number of nitro groups is 1. The first kappa shape index (κ1) is 20.3. The maximum absolute atomic E-state index is 11.3. The normalized spacial score (nSPS) is 15.3. The summed E-state index contributed by atoms with van der Waals surface area (Å²) in [6.45, 7) is 2.59. The van der Waals surface area contributed by atoms with Crippen LogP contribution in [0.2, 0.25) is 0 Å². The highest BCUT2D eigenvalue weighted by atomic mass is 35.5. The van der Waals surface area contributed by atoms with Gasteiger partial charge in [-0.15, -0.1) is 17.5 Å². The predicted molar refractivity (Wildman–Crippen MR) is 107 cm³/mol. The number of nitro benzene ring substituents is 1. The number of aliphatic imine (C=N–C) groups is 1. The molecule has 0 radical (unpaired) electrons. The largest absolute Gasteiger partial charge is 0.334 e. The molecule has 1 aliphatic carbocycles. The van der Waals surface area contributed by atoms with Gasteiger partial charge in [-0.1, -0.05) is 35.9 Å². The molecule has 1 saturated carbocycles. The van der Waals surface area contributed by atoms with Gasteiger partial charge in [0.25, 0.3) is 5.69 Å². The molecular weight excluding hydrogens is 374 g/mol. The summed E-state index contributed by atoms with van der Waals surface area (Å²) in [6.07, 6.45) is 6.21. The first-order valence-electron chi connectivity index (χ1n) is 8.49. The molecule has 1 aromatic heterocycles. The smallest absolute Gasteiger partial charge is 0.292 e. The van der Waals surface area contributed by atoms with E-state index in [4.69, 9.17) is 4.99 Å². The van der Waals surface area contributed by atoms with Crippen molar-refractivity contribution in [3.05, 3.63) is 45.0 Å². The number of benzene rings is 1. The van der Waals surface area contributed by atoms with E-state index in [1.165, 1.54) is 49.7 Å². The number of nitrogens with zero attached hydrogens (tertiary/aromatic N) is 4. The van der Waals surface area contributed by atoms with Crippen LogP contribution in [0, 0.1) is 23.0 Å². The quantitative estimate of drug-likeness (QED) is 0.345. The summed E-state index contributed by atoms with van der Waals surface area (Å²) in [5, 5.41) is 18.5. The molecule has 0 aliphatic heterocycles. The third-order valence-corrected chi connectivity index (χ3v) is 5.29. The molecule has 1 fully saturated rings. The number of amidine groups is 1. The Morgan fingerprint density at radius 3 is 2.73 bits per heavy atom. The third-order valence-electron chi connectivity index (χ3n) is 4.45. The Morgan fingerprint density at radius 2 is 2.08 bits per heavy atom. The molecule has 0 atom stereocenters. The van der Waals surface area contributed by atoms with Crippen molar-refractivity contribution >= 4 is 41.1 Å². The monoisotopic (exact) mass is 395 g/mol. The number of hydrogen-bond donors (Lipinski definition) is 1. The van der Waals surface area contributed by atoms with Gasteiger partial charge in [0.1, 0.15) is 16.4 Å². The van der Waals surface area contributed by atoms with Gasteiger partial charge in [0.05, 0.1) is 10.6 Å². The minimum absolute atomic E-state index is 0. The van der Waals surface area contributed by atoms with Gasteiger partial charge in [-0.2, -0.15) is 0 Å². The van der Waals surface area contributed by atoms with Gasteiger partial charge in [-0.05, 0) is 43.3 Å². The SMILES string of the molecule is Cc1nnsc1C(=NCC1CCCCC1)Nc1ccccc1[N+](=O)[O-].Cl. The number of anilines is 1. The standard InChI is InChI=1S/C17H21N5O2S.ClH/c1-12-16(25-21-20-12)17(18-11-13-7-3-2-4-8-13)19-14-9-5-6-10-15(14)22(23)24;/h5-6,9-10,13H,2-4,7-8,11H2,1H3,(H,18,19);1H. The molecular formula is C17H22ClN5O2S. The number of rotatable bonds is 5. The number of para-hydroxylation sites is 2. The summed E-state index contributed by atoms with van der Waals surface area (Å²) in [5.41, 5.74) is 1.24. The Labute approximate surface area is 162 Å². The van der Waals surface area contributed by atoms with Crippen LogP contribution < -0.4 is 5.32 Å². The minimum Gasteiger partial charge on any atom is -0.334 e. The molecule has 1 N–H and O–H groups in total. The summed E-state index contributed by atoms with van der Waals surface area (Å²) in [7, 11) is 0. The Bertz CT molecular complexity index is 774. The van der Waals surface area contributed by atoms with Crippen molar-refractivity contribution in [2.45, 2.75) is 39.0 Å². The average Bonchev–Trinajstić information content (AvgIpc) is 3.05. The molecule has 2 aromatic rings. The highest BCUT2D eigenvalue weighted by Gasteiger charge is 2.19. The Balaban J connectivity index is 0.00000243. The van der Waals surface area contributed by atoms with E-state index in [-0.39, 0.29) is 18.1 Å². The first-order valence-corrected chi connectivity index (χ1v) is 9.26. The fourth-order valence-corrected chi connectivity index (χ4v) is 3.69. The van der Waals surface area contributed by atoms with Crippen LogP contribution in [0.3, 0.4) is 0 Å². The zero-order valence-electron chi connectivity index (χ0n) is 14.6. The van der Waals surface area contributed by atoms with Crippen molar-refractivity contribution < 1.29 is 4.92 Å². The first-order chi connectivity index (χ1) is 12.1. The van der Waals surface area contributed by atoms with Crippen LogP contribution in [-0.2, 0) is 0 Å². The zero-order chi connectivity index (χ0) is 17.6. The van der Waals surface area contributed by atoms with Gasteiger partial charge < -0.3 is 5.32 Å². The predicted octanol–water partition coefficient (Wildman–Crippen LogP) is 4.62. The topological polar surface area (TPSA) is 93.3 Å². The van der Waals surface area contributed by atoms with E-state index < -0.39 is 4.92 Å². The van der Waals surface area contributed by atoms with Gasteiger partial charge in [0.15, 0.2) is 0 Å². The molecule has 0 amide bonds. The van der Waals surface area contributed by atoms with Gasteiger partial charge in [-0.25, -0.2) is 0 Å². The second-order valence-corrected chi connectivity index (χ2v) is 7.03. The van der Waals surface area contributed by atoms with Gasteiger partial charge in [0.2, 0.25) is 0 Å². The lowest BCUT2D eigenvalue weighted by Gasteiger charge is -2.20. The van der Waals surface area contributed by atoms with E-state index in [9.17, 15) is 10.1 Å². The van der Waals surface area contributed by atoms with E-state index in [0.29, 0.717) is 17.4 Å². The maximum Gasteiger partial charge on any atom is 0.292 e. The minimum atomic E-state index is -0.390. The van der Waals surface area contributed by atoms with Crippen LogP contribution in [0.4, 0.5) is 11.4 Å². The summed E-state index contributed by atoms with van der Waals surface area (Å²) in [6, 6.07) is 6.60. The number of halogens is 1. The fourth-order valence-electron chi connectivity index (χ4n) is 3.07. The Hall–Kier alpha value is -2.06. The number of aromatic nitrogens is 2. The Morgan fingerprint density at radius 1 is 1.35 bits per heavy atom. The summed E-state index contributed by atoms with van der Waals surface area (Å²) >= 11 is 1.25. The number of aryl methyl sites for hydroxylation is 1. The van der Waals surface area contributed by atoms with E-state index in [0.717, 1.165) is 17.1 Å². The van der Waals surface area contributed by atoms with E-state index >= 15 is 0 Å². The average molecular weight is 396 g/mol. The molecule has 7 nitrogen and oxygen atoms in total. The van der Waals surface area contributed by atoms with Gasteiger partial charge >= 0.3 is 0 Å². The lowest BCUT2D eigenvalue weighted by atomic mass is 9.89. The molecule has 9 heteroatoms. The molecule has 1 heterocycles. The van der Waals surface area contributed by atoms with Crippen molar-refractivity contribution in [3.8, 4) is 0 Å². The van der Waals surface area contributed by atoms with Crippen LogP contribution in [0.5, 0.6) is 0 Å². The molecule has 0 saturated heterocycles. The second kappa shape index (κ2) is 9.59. The van der Waals surface area contributed by atoms with Crippen LogP contribution in [0.15, 0.2) is 29.3 Å². The van der Waals surface area contributed by atoms with Crippen molar-refractivity contribution in [2.75, 3.05) is 11.9 Å². The maximum atomic E-state index is 11.3. The second-order valence-electron chi connectivity index (χ2n) is 6.28. The van der Waals surface area contributed by atoms with Crippen molar-refractivity contribution in [1.82, 2.24) is 9.59 Å². The summed E-state index contributed by atoms with van der Waals surface area (Å²) in [4.78, 5) is 16.5. The van der Waals surface area contributed by atoms with Crippen LogP contribution in [-0.4, -0.2) is 26.9 Å². The summed E-state index contributed by atoms with van der Waals surface area (Å²) in [5.74, 6) is 1.20. The molecule has 1 aliphatic rings. The molecule has 1 aromatic carbocycles. The molecule has 0 unspecified atom stereocenters. The van der Waals surface area contributed by atoms with Crippen molar-refractivity contribution in [1.29, 1.82) is 0 Å². The fraction of sp³-hybridized carbons (Fsp3) is 0.471. The number of nitrogens with one attached hydrogen (secondary N) is 1. The van der Waals surface area contributed by atoms with Crippen LogP contribution in [0.1, 0.15) is 42.7 Å². The lowest BCUT2D eigenvalue weighted by Crippen LogP contribution is -2.18. The molecule has 0 spiro atoms. The van der Waals surface area contributed by atoms with E-state index in [2.05, 4.69) is 14.9 Å². The highest BCUT2D eigenvalue weighted by molar-refractivity contribution is 7.08. The number of hydrogen-bond acceptors (Lipinski definition) is 6. The zero-order valence-corrected chi connectivity index (χ0v) is 16.2. The summed E-state index contributed by atoms with van der Waals surface area (Å²) < 4.78 is 3.97. The molecule has 0 bridgehead atoms.